The first-order valence-electron chi connectivity index (χ1n) is 8.95. The predicted octanol–water partition coefficient (Wildman–Crippen LogP) is 3.78. The van der Waals surface area contributed by atoms with Crippen molar-refractivity contribution in [2.45, 2.75) is 20.4 Å². The fourth-order valence-electron chi connectivity index (χ4n) is 3.19. The molecular formula is C22H20N2O5. The summed E-state index contributed by atoms with van der Waals surface area (Å²) in [6, 6.07) is 13.7. The van der Waals surface area contributed by atoms with Crippen molar-refractivity contribution in [2.75, 3.05) is 7.11 Å². The zero-order valence-electron chi connectivity index (χ0n) is 16.3. The standard InChI is InChI=1S/C22H20N2O5/c1-14-7-9-16(10-8-14)13-23-15(2)20(22(26)29-3)19(21(23)25)12-17-5-4-6-18(11-17)24(27)28/h4-12H,13H2,1-3H3. The summed E-state index contributed by atoms with van der Waals surface area (Å²) in [5, 5.41) is 11.0. The van der Waals surface area contributed by atoms with Gasteiger partial charge in [-0.05, 0) is 31.1 Å². The summed E-state index contributed by atoms with van der Waals surface area (Å²) < 4.78 is 4.87. The van der Waals surface area contributed by atoms with Gasteiger partial charge in [0, 0.05) is 17.8 Å². The van der Waals surface area contributed by atoms with Crippen LogP contribution in [0.3, 0.4) is 0 Å². The molecule has 1 aliphatic heterocycles. The highest BCUT2D eigenvalue weighted by atomic mass is 16.6. The summed E-state index contributed by atoms with van der Waals surface area (Å²) in [5.41, 5.74) is 3.19. The Bertz CT molecular complexity index is 1050. The number of methoxy groups -OCH3 is 1. The van der Waals surface area contributed by atoms with E-state index in [-0.39, 0.29) is 22.7 Å². The highest BCUT2D eigenvalue weighted by molar-refractivity contribution is 6.16. The number of carbonyl (C=O) groups excluding carboxylic acids is 2. The number of ether oxygens (including phenoxy) is 1. The largest absolute Gasteiger partial charge is 0.465 e. The number of non-ortho nitro benzene ring substituents is 1. The lowest BCUT2D eigenvalue weighted by Crippen LogP contribution is -2.24. The average Bonchev–Trinajstić information content (AvgIpc) is 2.93. The van der Waals surface area contributed by atoms with Gasteiger partial charge in [0.15, 0.2) is 0 Å². The monoisotopic (exact) mass is 392 g/mol. The van der Waals surface area contributed by atoms with Crippen LogP contribution in [0.5, 0.6) is 0 Å². The van der Waals surface area contributed by atoms with Gasteiger partial charge in [0.2, 0.25) is 0 Å². The molecule has 2 aromatic rings. The molecule has 148 valence electrons. The van der Waals surface area contributed by atoms with Crippen LogP contribution in [0.2, 0.25) is 0 Å². The van der Waals surface area contributed by atoms with Gasteiger partial charge in [0.25, 0.3) is 11.6 Å². The molecule has 0 saturated carbocycles. The summed E-state index contributed by atoms with van der Waals surface area (Å²) in [5.74, 6) is -0.978. The number of allylic oxidation sites excluding steroid dienone is 1. The summed E-state index contributed by atoms with van der Waals surface area (Å²) in [4.78, 5) is 37.5. The van der Waals surface area contributed by atoms with Crippen molar-refractivity contribution in [3.8, 4) is 0 Å². The van der Waals surface area contributed by atoms with E-state index >= 15 is 0 Å². The molecule has 1 aliphatic rings. The quantitative estimate of drug-likeness (QED) is 0.334. The minimum Gasteiger partial charge on any atom is -0.465 e. The van der Waals surface area contributed by atoms with Gasteiger partial charge in [-0.25, -0.2) is 4.79 Å². The van der Waals surface area contributed by atoms with E-state index in [0.29, 0.717) is 17.8 Å². The van der Waals surface area contributed by atoms with Gasteiger partial charge >= 0.3 is 5.97 Å². The van der Waals surface area contributed by atoms with Crippen LogP contribution in [0, 0.1) is 17.0 Å². The van der Waals surface area contributed by atoms with Gasteiger partial charge < -0.3 is 9.64 Å². The predicted molar refractivity (Wildman–Crippen MR) is 108 cm³/mol. The van der Waals surface area contributed by atoms with E-state index in [0.717, 1.165) is 11.1 Å². The van der Waals surface area contributed by atoms with Crippen molar-refractivity contribution < 1.29 is 19.2 Å². The Balaban J connectivity index is 2.03. The van der Waals surface area contributed by atoms with E-state index < -0.39 is 10.9 Å². The first-order valence-corrected chi connectivity index (χ1v) is 8.95. The first-order chi connectivity index (χ1) is 13.8. The Morgan fingerprint density at radius 3 is 2.48 bits per heavy atom. The van der Waals surface area contributed by atoms with Gasteiger partial charge in [0.1, 0.15) is 0 Å². The highest BCUT2D eigenvalue weighted by Gasteiger charge is 2.37. The molecule has 29 heavy (non-hydrogen) atoms. The van der Waals surface area contributed by atoms with E-state index in [1.54, 1.807) is 13.0 Å². The molecule has 0 saturated heterocycles. The number of rotatable bonds is 5. The summed E-state index contributed by atoms with van der Waals surface area (Å²) >= 11 is 0. The van der Waals surface area contributed by atoms with Gasteiger partial charge in [-0.15, -0.1) is 0 Å². The van der Waals surface area contributed by atoms with E-state index in [4.69, 9.17) is 4.74 Å². The van der Waals surface area contributed by atoms with Gasteiger partial charge in [-0.1, -0.05) is 42.0 Å². The Morgan fingerprint density at radius 2 is 1.86 bits per heavy atom. The SMILES string of the molecule is COC(=O)C1=C(C)N(Cc2ccc(C)cc2)C(=O)C1=Cc1cccc([N+](=O)[O-])c1. The topological polar surface area (TPSA) is 89.8 Å². The molecule has 0 radical (unpaired) electrons. The number of nitrogens with zero attached hydrogens (tertiary/aromatic N) is 2. The lowest BCUT2D eigenvalue weighted by molar-refractivity contribution is -0.384. The molecule has 0 bridgehead atoms. The minimum atomic E-state index is -0.626. The normalized spacial score (nSPS) is 15.2. The Hall–Kier alpha value is -3.74. The van der Waals surface area contributed by atoms with Gasteiger partial charge in [0.05, 0.1) is 29.7 Å². The summed E-state index contributed by atoms with van der Waals surface area (Å²) in [6.07, 6.45) is 1.49. The lowest BCUT2D eigenvalue weighted by Gasteiger charge is -2.18. The highest BCUT2D eigenvalue weighted by Crippen LogP contribution is 2.33. The molecule has 0 aromatic heterocycles. The molecule has 7 heteroatoms. The fraction of sp³-hybridized carbons (Fsp3) is 0.182. The second kappa shape index (κ2) is 8.10. The van der Waals surface area contributed by atoms with E-state index in [1.165, 1.54) is 36.3 Å². The Labute approximate surface area is 168 Å². The van der Waals surface area contributed by atoms with E-state index in [1.807, 2.05) is 31.2 Å². The molecular weight excluding hydrogens is 372 g/mol. The van der Waals surface area contributed by atoms with Crippen LogP contribution in [0.1, 0.15) is 23.6 Å². The van der Waals surface area contributed by atoms with Crippen molar-refractivity contribution in [3.63, 3.8) is 0 Å². The second-order valence-electron chi connectivity index (χ2n) is 6.74. The molecule has 0 unspecified atom stereocenters. The van der Waals surface area contributed by atoms with Crippen LogP contribution >= 0.6 is 0 Å². The molecule has 3 rings (SSSR count). The number of carbonyl (C=O) groups is 2. The number of nitro groups is 1. The lowest BCUT2D eigenvalue weighted by atomic mass is 10.0. The third-order valence-electron chi connectivity index (χ3n) is 4.75. The van der Waals surface area contributed by atoms with E-state index in [2.05, 4.69) is 0 Å². The molecule has 2 aromatic carbocycles. The Kier molecular flexibility index (Phi) is 5.59. The number of hydrogen-bond acceptors (Lipinski definition) is 5. The van der Waals surface area contributed by atoms with Crippen molar-refractivity contribution in [1.29, 1.82) is 0 Å². The third-order valence-corrected chi connectivity index (χ3v) is 4.75. The van der Waals surface area contributed by atoms with Gasteiger partial charge in [-0.3, -0.25) is 14.9 Å². The van der Waals surface area contributed by atoms with E-state index in [9.17, 15) is 19.7 Å². The maximum Gasteiger partial charge on any atom is 0.340 e. The molecule has 0 N–H and O–H groups in total. The molecule has 1 amide bonds. The zero-order chi connectivity index (χ0) is 21.1. The summed E-state index contributed by atoms with van der Waals surface area (Å²) in [6.45, 7) is 3.97. The van der Waals surface area contributed by atoms with Gasteiger partial charge in [-0.2, -0.15) is 0 Å². The second-order valence-corrected chi connectivity index (χ2v) is 6.74. The summed E-state index contributed by atoms with van der Waals surface area (Å²) in [7, 11) is 1.25. The van der Waals surface area contributed by atoms with Crippen LogP contribution in [0.25, 0.3) is 6.08 Å². The number of hydrogen-bond donors (Lipinski definition) is 0. The van der Waals surface area contributed by atoms with Crippen LogP contribution in [-0.2, 0) is 20.9 Å². The van der Waals surface area contributed by atoms with Crippen molar-refractivity contribution in [1.82, 2.24) is 4.90 Å². The van der Waals surface area contributed by atoms with Crippen LogP contribution in [0.4, 0.5) is 5.69 Å². The number of esters is 1. The van der Waals surface area contributed by atoms with Crippen molar-refractivity contribution in [3.05, 3.63) is 92.2 Å². The smallest absolute Gasteiger partial charge is 0.340 e. The average molecular weight is 392 g/mol. The zero-order valence-corrected chi connectivity index (χ0v) is 16.3. The molecule has 7 nitrogen and oxygen atoms in total. The van der Waals surface area contributed by atoms with Crippen LogP contribution < -0.4 is 0 Å². The molecule has 0 atom stereocenters. The molecule has 0 spiro atoms. The first kappa shape index (κ1) is 20.0. The fourth-order valence-corrected chi connectivity index (χ4v) is 3.19. The maximum atomic E-state index is 13.1. The van der Waals surface area contributed by atoms with Crippen LogP contribution in [0.15, 0.2) is 65.4 Å². The number of amides is 1. The van der Waals surface area contributed by atoms with Crippen molar-refractivity contribution >= 4 is 23.6 Å². The minimum absolute atomic E-state index is 0.0957. The molecule has 1 heterocycles. The number of nitro benzene ring substituents is 1. The number of benzene rings is 2. The third kappa shape index (κ3) is 4.08. The molecule has 0 aliphatic carbocycles. The number of aryl methyl sites for hydroxylation is 1. The van der Waals surface area contributed by atoms with Crippen molar-refractivity contribution in [2.24, 2.45) is 0 Å². The Morgan fingerprint density at radius 1 is 1.17 bits per heavy atom. The van der Waals surface area contributed by atoms with Crippen LogP contribution in [-0.4, -0.2) is 28.8 Å². The molecule has 0 fully saturated rings. The maximum absolute atomic E-state index is 13.1.